The molecule has 2 aliphatic rings. The monoisotopic (exact) mass is 325 g/mol. The molecule has 0 amide bonds. The van der Waals surface area contributed by atoms with Gasteiger partial charge < -0.3 is 9.72 Å². The average Bonchev–Trinajstić information content (AvgIpc) is 3.27. The van der Waals surface area contributed by atoms with Crippen LogP contribution in [0.1, 0.15) is 50.5 Å². The summed E-state index contributed by atoms with van der Waals surface area (Å²) in [5, 5.41) is 1.08. The number of nitrogens with one attached hydrogen (secondary N) is 1. The number of fused-ring (bicyclic) bond motifs is 2. The standard InChI is InChI=1S/C21H27NO2/c1-24-18-10-9-16-11-17(21(23)22-20(16)13-18)6-4-2-3-5-14-7-8-15-12-19(14)15/h9-11,13-15,19H,2-8,12H2,1H3,(H,22,23)/t14-,15?,19?/m0/s1. The normalized spacial score (nSPS) is 25.0. The molecule has 3 nitrogen and oxygen atoms in total. The molecule has 2 aliphatic carbocycles. The van der Waals surface area contributed by atoms with Gasteiger partial charge in [-0.25, -0.2) is 0 Å². The van der Waals surface area contributed by atoms with Gasteiger partial charge >= 0.3 is 0 Å². The summed E-state index contributed by atoms with van der Waals surface area (Å²) in [5.74, 6) is 3.99. The van der Waals surface area contributed by atoms with Gasteiger partial charge in [-0.2, -0.15) is 0 Å². The van der Waals surface area contributed by atoms with Crippen LogP contribution in [0.25, 0.3) is 10.9 Å². The van der Waals surface area contributed by atoms with Crippen LogP contribution in [0.2, 0.25) is 0 Å². The Morgan fingerprint density at radius 2 is 2.08 bits per heavy atom. The number of rotatable bonds is 7. The van der Waals surface area contributed by atoms with Crippen molar-refractivity contribution in [1.82, 2.24) is 4.98 Å². The van der Waals surface area contributed by atoms with E-state index in [2.05, 4.69) is 4.98 Å². The molecule has 1 N–H and O–H groups in total. The number of aryl methyl sites for hydroxylation is 1. The molecule has 2 saturated carbocycles. The van der Waals surface area contributed by atoms with Crippen LogP contribution in [-0.2, 0) is 6.42 Å². The summed E-state index contributed by atoms with van der Waals surface area (Å²) in [6, 6.07) is 7.88. The summed E-state index contributed by atoms with van der Waals surface area (Å²) in [5.41, 5.74) is 1.81. The van der Waals surface area contributed by atoms with Crippen LogP contribution in [-0.4, -0.2) is 12.1 Å². The lowest BCUT2D eigenvalue weighted by atomic mass is 9.95. The van der Waals surface area contributed by atoms with Gasteiger partial charge in [-0.1, -0.05) is 19.3 Å². The van der Waals surface area contributed by atoms with E-state index in [9.17, 15) is 4.79 Å². The highest BCUT2D eigenvalue weighted by Crippen LogP contribution is 2.56. The van der Waals surface area contributed by atoms with E-state index in [1.54, 1.807) is 7.11 Å². The topological polar surface area (TPSA) is 42.1 Å². The first-order valence-corrected chi connectivity index (χ1v) is 9.44. The zero-order valence-corrected chi connectivity index (χ0v) is 14.5. The minimum atomic E-state index is 0.0485. The highest BCUT2D eigenvalue weighted by atomic mass is 16.5. The van der Waals surface area contributed by atoms with E-state index in [1.807, 2.05) is 24.3 Å². The van der Waals surface area contributed by atoms with E-state index in [-0.39, 0.29) is 5.56 Å². The van der Waals surface area contributed by atoms with E-state index in [0.29, 0.717) is 0 Å². The summed E-state index contributed by atoms with van der Waals surface area (Å²) in [4.78, 5) is 15.3. The molecule has 1 heterocycles. The van der Waals surface area contributed by atoms with Crippen molar-refractivity contribution >= 4 is 10.9 Å². The van der Waals surface area contributed by atoms with E-state index in [0.717, 1.165) is 52.8 Å². The number of aromatic amines is 1. The third-order valence-electron chi connectivity index (χ3n) is 6.14. The molecule has 0 saturated heterocycles. The molecule has 128 valence electrons. The number of hydrogen-bond donors (Lipinski definition) is 1. The zero-order valence-electron chi connectivity index (χ0n) is 14.5. The molecule has 3 heteroatoms. The number of pyridine rings is 1. The molecular weight excluding hydrogens is 298 g/mol. The minimum absolute atomic E-state index is 0.0485. The molecule has 3 atom stereocenters. The first-order valence-electron chi connectivity index (χ1n) is 9.44. The van der Waals surface area contributed by atoms with Crippen molar-refractivity contribution in [3.05, 3.63) is 40.2 Å². The van der Waals surface area contributed by atoms with Gasteiger partial charge in [-0.15, -0.1) is 0 Å². The first kappa shape index (κ1) is 15.7. The number of methoxy groups -OCH3 is 1. The Kier molecular flexibility index (Phi) is 4.34. The van der Waals surface area contributed by atoms with Crippen molar-refractivity contribution in [1.29, 1.82) is 0 Å². The molecule has 0 spiro atoms. The van der Waals surface area contributed by atoms with Crippen LogP contribution in [0.3, 0.4) is 0 Å². The van der Waals surface area contributed by atoms with Crippen LogP contribution in [0.4, 0.5) is 0 Å². The van der Waals surface area contributed by atoms with E-state index in [1.165, 1.54) is 38.5 Å². The Labute approximate surface area is 143 Å². The number of ether oxygens (including phenoxy) is 1. The highest BCUT2D eigenvalue weighted by molar-refractivity contribution is 5.80. The van der Waals surface area contributed by atoms with Crippen LogP contribution >= 0.6 is 0 Å². The van der Waals surface area contributed by atoms with Gasteiger partial charge in [0, 0.05) is 11.6 Å². The van der Waals surface area contributed by atoms with Gasteiger partial charge in [0.2, 0.25) is 0 Å². The first-order chi connectivity index (χ1) is 11.7. The van der Waals surface area contributed by atoms with E-state index >= 15 is 0 Å². The molecule has 0 bridgehead atoms. The summed E-state index contributed by atoms with van der Waals surface area (Å²) < 4.78 is 5.21. The fraction of sp³-hybridized carbons (Fsp3) is 0.571. The quantitative estimate of drug-likeness (QED) is 0.751. The Morgan fingerprint density at radius 3 is 2.83 bits per heavy atom. The SMILES string of the molecule is COc1ccc2cc(CCCCC[C@H]3CCC4CC43)c(=O)[nH]c2c1. The number of benzene rings is 1. The van der Waals surface area contributed by atoms with Crippen LogP contribution in [0, 0.1) is 17.8 Å². The Bertz CT molecular complexity index is 779. The van der Waals surface area contributed by atoms with Gasteiger partial charge in [0.15, 0.2) is 0 Å². The Morgan fingerprint density at radius 1 is 1.17 bits per heavy atom. The number of hydrogen-bond acceptors (Lipinski definition) is 2. The van der Waals surface area contributed by atoms with Crippen molar-refractivity contribution < 1.29 is 4.74 Å². The fourth-order valence-corrected chi connectivity index (χ4v) is 4.62. The summed E-state index contributed by atoms with van der Waals surface area (Å²) >= 11 is 0. The van der Waals surface area contributed by atoms with Crippen LogP contribution in [0.15, 0.2) is 29.1 Å². The lowest BCUT2D eigenvalue weighted by Crippen LogP contribution is -2.12. The molecule has 2 unspecified atom stereocenters. The van der Waals surface area contributed by atoms with Crippen LogP contribution in [0.5, 0.6) is 5.75 Å². The van der Waals surface area contributed by atoms with E-state index < -0.39 is 0 Å². The van der Waals surface area contributed by atoms with Crippen molar-refractivity contribution in [3.63, 3.8) is 0 Å². The largest absolute Gasteiger partial charge is 0.497 e. The number of unbranched alkanes of at least 4 members (excludes halogenated alkanes) is 2. The van der Waals surface area contributed by atoms with Gasteiger partial charge in [0.05, 0.1) is 12.6 Å². The molecular formula is C21H27NO2. The third-order valence-corrected chi connectivity index (χ3v) is 6.14. The molecule has 24 heavy (non-hydrogen) atoms. The maximum Gasteiger partial charge on any atom is 0.251 e. The second kappa shape index (κ2) is 6.62. The minimum Gasteiger partial charge on any atom is -0.497 e. The van der Waals surface area contributed by atoms with Gasteiger partial charge in [-0.3, -0.25) is 4.79 Å². The Balaban J connectivity index is 1.30. The second-order valence-corrected chi connectivity index (χ2v) is 7.67. The third kappa shape index (κ3) is 3.22. The smallest absolute Gasteiger partial charge is 0.251 e. The average molecular weight is 325 g/mol. The molecule has 1 aromatic heterocycles. The summed E-state index contributed by atoms with van der Waals surface area (Å²) in [6.07, 6.45) is 10.5. The number of aromatic nitrogens is 1. The fourth-order valence-electron chi connectivity index (χ4n) is 4.62. The highest BCUT2D eigenvalue weighted by Gasteiger charge is 2.47. The van der Waals surface area contributed by atoms with E-state index in [4.69, 9.17) is 4.74 Å². The molecule has 0 aliphatic heterocycles. The van der Waals surface area contributed by atoms with Crippen molar-refractivity contribution in [2.75, 3.05) is 7.11 Å². The summed E-state index contributed by atoms with van der Waals surface area (Å²) in [7, 11) is 1.64. The van der Waals surface area contributed by atoms with Crippen LogP contribution < -0.4 is 10.3 Å². The molecule has 1 aromatic carbocycles. The zero-order chi connectivity index (χ0) is 16.5. The van der Waals surface area contributed by atoms with Crippen molar-refractivity contribution in [2.24, 2.45) is 17.8 Å². The lowest BCUT2D eigenvalue weighted by molar-refractivity contribution is 0.415. The van der Waals surface area contributed by atoms with Crippen molar-refractivity contribution in [3.8, 4) is 5.75 Å². The molecule has 4 rings (SSSR count). The summed E-state index contributed by atoms with van der Waals surface area (Å²) in [6.45, 7) is 0. The second-order valence-electron chi connectivity index (χ2n) is 7.67. The molecule has 2 aromatic rings. The van der Waals surface area contributed by atoms with Gasteiger partial charge in [0.1, 0.15) is 5.75 Å². The van der Waals surface area contributed by atoms with Gasteiger partial charge in [0.25, 0.3) is 5.56 Å². The van der Waals surface area contributed by atoms with Gasteiger partial charge in [-0.05, 0) is 73.4 Å². The maximum atomic E-state index is 12.3. The lowest BCUT2D eigenvalue weighted by Gasteiger charge is -2.11. The maximum absolute atomic E-state index is 12.3. The Hall–Kier alpha value is -1.77. The predicted molar refractivity (Wildman–Crippen MR) is 97.6 cm³/mol. The number of H-pyrrole nitrogens is 1. The predicted octanol–water partition coefficient (Wildman–Crippen LogP) is 4.69. The van der Waals surface area contributed by atoms with Crippen molar-refractivity contribution in [2.45, 2.75) is 51.4 Å². The molecule has 2 fully saturated rings. The molecule has 0 radical (unpaired) electrons.